The molecule has 0 N–H and O–H groups in total. The van der Waals surface area contributed by atoms with E-state index in [1.807, 2.05) is 12.2 Å². The first kappa shape index (κ1) is 13.4. The second-order valence-electron chi connectivity index (χ2n) is 5.15. The molecule has 0 unspecified atom stereocenters. The van der Waals surface area contributed by atoms with Gasteiger partial charge in [0.1, 0.15) is 0 Å². The van der Waals surface area contributed by atoms with Crippen LogP contribution in [0.2, 0.25) is 0 Å². The molecule has 21 heavy (non-hydrogen) atoms. The van der Waals surface area contributed by atoms with E-state index in [4.69, 9.17) is 0 Å². The molecule has 102 valence electrons. The molecule has 1 aliphatic carbocycles. The summed E-state index contributed by atoms with van der Waals surface area (Å²) in [6.07, 6.45) is 9.19. The topological polar surface area (TPSA) is 0 Å². The smallest absolute Gasteiger partial charge is 0.00820 e. The van der Waals surface area contributed by atoms with Crippen LogP contribution >= 0.6 is 0 Å². The first-order valence-corrected chi connectivity index (χ1v) is 7.17. The van der Waals surface area contributed by atoms with E-state index in [1.54, 1.807) is 0 Å². The van der Waals surface area contributed by atoms with Gasteiger partial charge in [-0.15, -0.1) is 0 Å². The Morgan fingerprint density at radius 1 is 0.714 bits per heavy atom. The number of hydrogen-bond donors (Lipinski definition) is 0. The van der Waals surface area contributed by atoms with E-state index in [2.05, 4.69) is 73.8 Å². The van der Waals surface area contributed by atoms with Crippen LogP contribution in [0.4, 0.5) is 0 Å². The molecule has 0 heterocycles. The lowest BCUT2D eigenvalue weighted by Crippen LogP contribution is -1.87. The van der Waals surface area contributed by atoms with Crippen molar-refractivity contribution in [3.05, 3.63) is 96.1 Å². The molecule has 3 rings (SSSR count). The van der Waals surface area contributed by atoms with Gasteiger partial charge < -0.3 is 0 Å². The second kappa shape index (κ2) is 5.80. The summed E-state index contributed by atoms with van der Waals surface area (Å²) in [7, 11) is 0. The average molecular weight is 270 g/mol. The highest BCUT2D eigenvalue weighted by Gasteiger charge is 2.12. The van der Waals surface area contributed by atoms with Gasteiger partial charge in [-0.2, -0.15) is 0 Å². The van der Waals surface area contributed by atoms with Crippen molar-refractivity contribution >= 4 is 23.3 Å². The standard InChI is InChI=1S/C21H18/c1-3-16-8-12-18(13-9-16)20-6-5-7-21(20)19-14-10-17(4-2)11-15-19/h3-6,8-15H,1-2,7H2. The van der Waals surface area contributed by atoms with Crippen LogP contribution < -0.4 is 0 Å². The molecule has 0 atom stereocenters. The van der Waals surface area contributed by atoms with Crippen molar-refractivity contribution in [3.63, 3.8) is 0 Å². The Morgan fingerprint density at radius 3 is 1.76 bits per heavy atom. The Hall–Kier alpha value is -2.60. The lowest BCUT2D eigenvalue weighted by molar-refractivity contribution is 1.43. The first-order chi connectivity index (χ1) is 10.3. The minimum atomic E-state index is 0.992. The van der Waals surface area contributed by atoms with Crippen molar-refractivity contribution in [1.82, 2.24) is 0 Å². The quantitative estimate of drug-likeness (QED) is 0.654. The highest BCUT2D eigenvalue weighted by molar-refractivity contribution is 5.98. The maximum absolute atomic E-state index is 3.80. The summed E-state index contributed by atoms with van der Waals surface area (Å²) in [5.41, 5.74) is 7.56. The molecule has 0 bridgehead atoms. The Balaban J connectivity index is 2.01. The second-order valence-corrected chi connectivity index (χ2v) is 5.15. The summed E-state index contributed by atoms with van der Waals surface area (Å²) in [5, 5.41) is 0. The fraction of sp³-hybridized carbons (Fsp3) is 0.0476. The molecule has 0 fully saturated rings. The maximum Gasteiger partial charge on any atom is -0.00820 e. The highest BCUT2D eigenvalue weighted by Crippen LogP contribution is 2.35. The summed E-state index contributed by atoms with van der Waals surface area (Å²) in [6.45, 7) is 7.61. The highest BCUT2D eigenvalue weighted by atomic mass is 14.2. The van der Waals surface area contributed by atoms with Gasteiger partial charge in [-0.1, -0.05) is 86.0 Å². The number of benzene rings is 2. The van der Waals surface area contributed by atoms with Gasteiger partial charge in [-0.25, -0.2) is 0 Å². The minimum absolute atomic E-state index is 0.992. The SMILES string of the molecule is C=Cc1ccc(C2=C(c3ccc(C=C)cc3)CC=C2)cc1. The zero-order valence-corrected chi connectivity index (χ0v) is 12.0. The van der Waals surface area contributed by atoms with Gasteiger partial charge >= 0.3 is 0 Å². The maximum atomic E-state index is 3.80. The van der Waals surface area contributed by atoms with Crippen LogP contribution in [0.15, 0.2) is 73.8 Å². The first-order valence-electron chi connectivity index (χ1n) is 7.17. The largest absolute Gasteiger partial charge is 0.0985 e. The van der Waals surface area contributed by atoms with Crippen LogP contribution in [0.1, 0.15) is 28.7 Å². The summed E-state index contributed by atoms with van der Waals surface area (Å²) < 4.78 is 0. The molecular formula is C21H18. The van der Waals surface area contributed by atoms with Crippen LogP contribution in [0.25, 0.3) is 23.3 Å². The van der Waals surface area contributed by atoms with Crippen molar-refractivity contribution in [2.24, 2.45) is 0 Å². The molecule has 0 radical (unpaired) electrons. The van der Waals surface area contributed by atoms with Crippen LogP contribution in [0, 0.1) is 0 Å². The normalized spacial score (nSPS) is 13.5. The molecule has 2 aromatic carbocycles. The van der Waals surface area contributed by atoms with Crippen LogP contribution in [0.3, 0.4) is 0 Å². The molecule has 2 aromatic rings. The monoisotopic (exact) mass is 270 g/mol. The Bertz CT molecular complexity index is 723. The van der Waals surface area contributed by atoms with Gasteiger partial charge in [0.15, 0.2) is 0 Å². The van der Waals surface area contributed by atoms with Crippen molar-refractivity contribution < 1.29 is 0 Å². The van der Waals surface area contributed by atoms with Crippen molar-refractivity contribution in [3.8, 4) is 0 Å². The fourth-order valence-corrected chi connectivity index (χ4v) is 2.67. The fourth-order valence-electron chi connectivity index (χ4n) is 2.67. The lowest BCUT2D eigenvalue weighted by Gasteiger charge is -2.09. The molecule has 0 saturated heterocycles. The van der Waals surface area contributed by atoms with Gasteiger partial charge in [0.2, 0.25) is 0 Å². The number of rotatable bonds is 4. The Labute approximate surface area is 126 Å². The summed E-state index contributed by atoms with van der Waals surface area (Å²) in [5.74, 6) is 0. The molecular weight excluding hydrogens is 252 g/mol. The summed E-state index contributed by atoms with van der Waals surface area (Å²) in [6, 6.07) is 17.1. The van der Waals surface area contributed by atoms with E-state index in [0.29, 0.717) is 0 Å². The molecule has 0 amide bonds. The van der Waals surface area contributed by atoms with Crippen LogP contribution in [0.5, 0.6) is 0 Å². The molecule has 0 heteroatoms. The zero-order valence-electron chi connectivity index (χ0n) is 12.0. The van der Waals surface area contributed by atoms with Crippen molar-refractivity contribution in [2.45, 2.75) is 6.42 Å². The summed E-state index contributed by atoms with van der Waals surface area (Å²) >= 11 is 0. The number of hydrogen-bond acceptors (Lipinski definition) is 0. The zero-order chi connectivity index (χ0) is 14.7. The minimum Gasteiger partial charge on any atom is -0.0985 e. The predicted molar refractivity (Wildman–Crippen MR) is 93.6 cm³/mol. The van der Waals surface area contributed by atoms with Gasteiger partial charge in [-0.05, 0) is 39.8 Å². The molecule has 1 aliphatic rings. The van der Waals surface area contributed by atoms with Gasteiger partial charge in [0.05, 0.1) is 0 Å². The Kier molecular flexibility index (Phi) is 3.70. The third-order valence-corrected chi connectivity index (χ3v) is 3.88. The molecule has 0 aromatic heterocycles. The lowest BCUT2D eigenvalue weighted by atomic mass is 9.95. The van der Waals surface area contributed by atoms with E-state index in [9.17, 15) is 0 Å². The van der Waals surface area contributed by atoms with Gasteiger partial charge in [-0.3, -0.25) is 0 Å². The van der Waals surface area contributed by atoms with E-state index in [1.165, 1.54) is 22.3 Å². The van der Waals surface area contributed by atoms with E-state index in [0.717, 1.165) is 17.5 Å². The van der Waals surface area contributed by atoms with Crippen molar-refractivity contribution in [1.29, 1.82) is 0 Å². The molecule has 0 aliphatic heterocycles. The molecule has 0 nitrogen and oxygen atoms in total. The van der Waals surface area contributed by atoms with Crippen LogP contribution in [-0.4, -0.2) is 0 Å². The Morgan fingerprint density at radius 2 is 1.24 bits per heavy atom. The third-order valence-electron chi connectivity index (χ3n) is 3.88. The van der Waals surface area contributed by atoms with Crippen molar-refractivity contribution in [2.75, 3.05) is 0 Å². The third kappa shape index (κ3) is 2.66. The summed E-state index contributed by atoms with van der Waals surface area (Å²) in [4.78, 5) is 0. The number of allylic oxidation sites excluding steroid dienone is 4. The van der Waals surface area contributed by atoms with Gasteiger partial charge in [0.25, 0.3) is 0 Å². The van der Waals surface area contributed by atoms with Crippen LogP contribution in [-0.2, 0) is 0 Å². The van der Waals surface area contributed by atoms with E-state index in [-0.39, 0.29) is 0 Å². The average Bonchev–Trinajstić information content (AvgIpc) is 3.04. The van der Waals surface area contributed by atoms with Gasteiger partial charge in [0, 0.05) is 0 Å². The predicted octanol–water partition coefficient (Wildman–Crippen LogP) is 5.84. The molecule has 0 spiro atoms. The van der Waals surface area contributed by atoms with E-state index >= 15 is 0 Å². The van der Waals surface area contributed by atoms with E-state index < -0.39 is 0 Å². The molecule has 0 saturated carbocycles.